The molecular formula is C9H16ClN5O3. The number of aliphatic hydroxyl groups is 3. The van der Waals surface area contributed by atoms with Gasteiger partial charge in [-0.1, -0.05) is 0 Å². The van der Waals surface area contributed by atoms with E-state index in [9.17, 15) is 15.3 Å². The molecule has 0 atom stereocenters. The Labute approximate surface area is 109 Å². The summed E-state index contributed by atoms with van der Waals surface area (Å²) in [5, 5.41) is 33.0. The first kappa shape index (κ1) is 14.8. The summed E-state index contributed by atoms with van der Waals surface area (Å²) >= 11 is 5.71. The van der Waals surface area contributed by atoms with Gasteiger partial charge in [-0.2, -0.15) is 15.0 Å². The Hall–Kier alpha value is -1.22. The molecule has 18 heavy (non-hydrogen) atoms. The van der Waals surface area contributed by atoms with E-state index in [1.54, 1.807) is 0 Å². The van der Waals surface area contributed by atoms with E-state index >= 15 is 0 Å². The van der Waals surface area contributed by atoms with Crippen LogP contribution < -0.4 is 10.6 Å². The molecule has 0 unspecified atom stereocenters. The SMILES string of the molecule is CCNc1nc(Cl)nc(NC(CO)(CO)CO)n1. The highest BCUT2D eigenvalue weighted by Crippen LogP contribution is 2.14. The molecule has 1 aromatic heterocycles. The van der Waals surface area contributed by atoms with Crippen molar-refractivity contribution in [1.29, 1.82) is 0 Å². The lowest BCUT2D eigenvalue weighted by molar-refractivity contribution is 0.0828. The summed E-state index contributed by atoms with van der Waals surface area (Å²) in [6, 6.07) is 0. The smallest absolute Gasteiger partial charge is 0.229 e. The monoisotopic (exact) mass is 277 g/mol. The summed E-state index contributed by atoms with van der Waals surface area (Å²) in [6.45, 7) is 1.01. The third kappa shape index (κ3) is 3.64. The molecule has 0 saturated heterocycles. The second-order valence-electron chi connectivity index (χ2n) is 3.66. The minimum absolute atomic E-state index is 0.0360. The number of aliphatic hydroxyl groups excluding tert-OH is 3. The van der Waals surface area contributed by atoms with Crippen molar-refractivity contribution in [3.8, 4) is 0 Å². The van der Waals surface area contributed by atoms with Gasteiger partial charge in [0.2, 0.25) is 17.2 Å². The normalized spacial score (nSPS) is 11.4. The molecule has 0 aromatic carbocycles. The predicted octanol–water partition coefficient (Wildman–Crippen LogP) is -0.916. The Bertz CT molecular complexity index is 380. The minimum Gasteiger partial charge on any atom is -0.394 e. The average molecular weight is 278 g/mol. The van der Waals surface area contributed by atoms with Crippen LogP contribution in [0.1, 0.15) is 6.92 Å². The maximum Gasteiger partial charge on any atom is 0.229 e. The summed E-state index contributed by atoms with van der Waals surface area (Å²) in [7, 11) is 0. The molecule has 0 amide bonds. The molecule has 102 valence electrons. The summed E-state index contributed by atoms with van der Waals surface area (Å²) in [5.41, 5.74) is -1.31. The van der Waals surface area contributed by atoms with E-state index in [1.807, 2.05) is 6.92 Å². The third-order valence-electron chi connectivity index (χ3n) is 2.23. The lowest BCUT2D eigenvalue weighted by Gasteiger charge is -2.28. The van der Waals surface area contributed by atoms with Crippen molar-refractivity contribution in [3.63, 3.8) is 0 Å². The van der Waals surface area contributed by atoms with Crippen molar-refractivity contribution in [1.82, 2.24) is 15.0 Å². The highest BCUT2D eigenvalue weighted by molar-refractivity contribution is 6.28. The van der Waals surface area contributed by atoms with E-state index in [0.717, 1.165) is 0 Å². The van der Waals surface area contributed by atoms with Crippen molar-refractivity contribution in [2.75, 3.05) is 37.0 Å². The summed E-state index contributed by atoms with van der Waals surface area (Å²) in [6.07, 6.45) is 0. The molecule has 5 N–H and O–H groups in total. The van der Waals surface area contributed by atoms with Crippen LogP contribution in [-0.4, -0.2) is 62.2 Å². The second kappa shape index (κ2) is 6.64. The van der Waals surface area contributed by atoms with Gasteiger partial charge in [0, 0.05) is 6.54 Å². The predicted molar refractivity (Wildman–Crippen MR) is 66.6 cm³/mol. The minimum atomic E-state index is -1.31. The van der Waals surface area contributed by atoms with Crippen LogP contribution in [0.25, 0.3) is 0 Å². The van der Waals surface area contributed by atoms with E-state index in [-0.39, 0.29) is 17.2 Å². The lowest BCUT2D eigenvalue weighted by Crippen LogP contribution is -2.49. The molecule has 0 spiro atoms. The highest BCUT2D eigenvalue weighted by atomic mass is 35.5. The Morgan fingerprint density at radius 1 is 1.06 bits per heavy atom. The third-order valence-corrected chi connectivity index (χ3v) is 2.40. The second-order valence-corrected chi connectivity index (χ2v) is 4.00. The van der Waals surface area contributed by atoms with Gasteiger partial charge >= 0.3 is 0 Å². The zero-order valence-corrected chi connectivity index (χ0v) is 10.6. The largest absolute Gasteiger partial charge is 0.394 e. The van der Waals surface area contributed by atoms with E-state index in [2.05, 4.69) is 25.6 Å². The van der Waals surface area contributed by atoms with Crippen LogP contribution in [0.3, 0.4) is 0 Å². The van der Waals surface area contributed by atoms with Crippen LogP contribution in [0.2, 0.25) is 5.28 Å². The van der Waals surface area contributed by atoms with Crippen LogP contribution in [-0.2, 0) is 0 Å². The zero-order chi connectivity index (χ0) is 13.6. The molecule has 1 heterocycles. The fourth-order valence-corrected chi connectivity index (χ4v) is 1.31. The molecular weight excluding hydrogens is 262 g/mol. The number of hydrogen-bond acceptors (Lipinski definition) is 8. The van der Waals surface area contributed by atoms with Gasteiger partial charge in [0.15, 0.2) is 0 Å². The van der Waals surface area contributed by atoms with E-state index in [1.165, 1.54) is 0 Å². The van der Waals surface area contributed by atoms with Crippen LogP contribution in [0.5, 0.6) is 0 Å². The Morgan fingerprint density at radius 2 is 1.61 bits per heavy atom. The van der Waals surface area contributed by atoms with E-state index < -0.39 is 25.4 Å². The maximum atomic E-state index is 9.18. The molecule has 1 aromatic rings. The number of nitrogens with one attached hydrogen (secondary N) is 2. The molecule has 0 bridgehead atoms. The first-order valence-corrected chi connectivity index (χ1v) is 5.73. The van der Waals surface area contributed by atoms with Gasteiger partial charge in [0.25, 0.3) is 0 Å². The van der Waals surface area contributed by atoms with Crippen LogP contribution in [0.15, 0.2) is 0 Å². The molecule has 8 nitrogen and oxygen atoms in total. The van der Waals surface area contributed by atoms with Crippen molar-refractivity contribution >= 4 is 23.5 Å². The fraction of sp³-hybridized carbons (Fsp3) is 0.667. The number of rotatable bonds is 7. The molecule has 0 saturated carbocycles. The fourth-order valence-electron chi connectivity index (χ4n) is 1.15. The molecule has 0 aliphatic carbocycles. The summed E-state index contributed by atoms with van der Waals surface area (Å²) in [5.74, 6) is 0.325. The first-order chi connectivity index (χ1) is 8.59. The lowest BCUT2D eigenvalue weighted by atomic mass is 10.0. The first-order valence-electron chi connectivity index (χ1n) is 5.35. The quantitative estimate of drug-likeness (QED) is 0.434. The standard InChI is InChI=1S/C9H16ClN5O3/c1-2-11-7-12-6(10)13-8(14-7)15-9(3-16,4-17)5-18/h16-18H,2-5H2,1H3,(H2,11,12,13,14,15). The number of anilines is 2. The van der Waals surface area contributed by atoms with Crippen molar-refractivity contribution < 1.29 is 15.3 Å². The number of aromatic nitrogens is 3. The van der Waals surface area contributed by atoms with Gasteiger partial charge in [-0.15, -0.1) is 0 Å². The Kier molecular flexibility index (Phi) is 5.48. The van der Waals surface area contributed by atoms with Gasteiger partial charge < -0.3 is 26.0 Å². The molecule has 0 fully saturated rings. The Morgan fingerprint density at radius 3 is 2.11 bits per heavy atom. The Balaban J connectivity index is 2.95. The summed E-state index contributed by atoms with van der Waals surface area (Å²) in [4.78, 5) is 11.6. The van der Waals surface area contributed by atoms with Gasteiger partial charge in [0.1, 0.15) is 5.54 Å². The molecule has 0 aliphatic rings. The molecule has 0 radical (unpaired) electrons. The van der Waals surface area contributed by atoms with Gasteiger partial charge in [-0.05, 0) is 18.5 Å². The maximum absolute atomic E-state index is 9.18. The average Bonchev–Trinajstić information content (AvgIpc) is 2.36. The number of nitrogens with zero attached hydrogens (tertiary/aromatic N) is 3. The highest BCUT2D eigenvalue weighted by Gasteiger charge is 2.29. The van der Waals surface area contributed by atoms with Crippen LogP contribution in [0, 0.1) is 0 Å². The van der Waals surface area contributed by atoms with Crippen molar-refractivity contribution in [2.45, 2.75) is 12.5 Å². The van der Waals surface area contributed by atoms with Gasteiger partial charge in [0.05, 0.1) is 19.8 Å². The van der Waals surface area contributed by atoms with Crippen LogP contribution >= 0.6 is 11.6 Å². The molecule has 1 rings (SSSR count). The molecule has 9 heteroatoms. The topological polar surface area (TPSA) is 123 Å². The van der Waals surface area contributed by atoms with Gasteiger partial charge in [-0.25, -0.2) is 0 Å². The van der Waals surface area contributed by atoms with E-state index in [4.69, 9.17) is 11.6 Å². The van der Waals surface area contributed by atoms with Crippen molar-refractivity contribution in [2.24, 2.45) is 0 Å². The van der Waals surface area contributed by atoms with Crippen molar-refractivity contribution in [3.05, 3.63) is 5.28 Å². The number of hydrogen-bond donors (Lipinski definition) is 5. The van der Waals surface area contributed by atoms with E-state index in [0.29, 0.717) is 6.54 Å². The summed E-state index contributed by atoms with van der Waals surface area (Å²) < 4.78 is 0. The molecule has 0 aliphatic heterocycles. The zero-order valence-electron chi connectivity index (χ0n) is 9.89. The van der Waals surface area contributed by atoms with Gasteiger partial charge in [-0.3, -0.25) is 0 Å². The van der Waals surface area contributed by atoms with Crippen LogP contribution in [0.4, 0.5) is 11.9 Å². The number of halogens is 1.